The van der Waals surface area contributed by atoms with Crippen LogP contribution in [0.1, 0.15) is 35.5 Å². The average Bonchev–Trinajstić information content (AvgIpc) is 3.13. The lowest BCUT2D eigenvalue weighted by Gasteiger charge is -2.20. The Bertz CT molecular complexity index is 1130. The number of aliphatic imine (C=N–C) groups is 1. The topological polar surface area (TPSA) is 95.6 Å². The van der Waals surface area contributed by atoms with Gasteiger partial charge < -0.3 is 21.5 Å². The van der Waals surface area contributed by atoms with Gasteiger partial charge >= 0.3 is 0 Å². The fraction of sp³-hybridized carbons (Fsp3) is 0.250. The highest BCUT2D eigenvalue weighted by atomic mass is 32.1. The van der Waals surface area contributed by atoms with E-state index < -0.39 is 6.35 Å². The second-order valence-corrected chi connectivity index (χ2v) is 9.04. The van der Waals surface area contributed by atoms with Gasteiger partial charge in [0.15, 0.2) is 0 Å². The zero-order chi connectivity index (χ0) is 22.0. The Morgan fingerprint density at radius 1 is 1.06 bits per heavy atom. The molecule has 0 saturated carbocycles. The van der Waals surface area contributed by atoms with E-state index in [-0.39, 0.29) is 5.92 Å². The van der Waals surface area contributed by atoms with E-state index in [1.54, 1.807) is 11.3 Å². The van der Waals surface area contributed by atoms with Gasteiger partial charge in [0.1, 0.15) is 0 Å². The van der Waals surface area contributed by atoms with Crippen molar-refractivity contribution in [1.82, 2.24) is 4.98 Å². The molecule has 1 aliphatic heterocycles. The Morgan fingerprint density at radius 2 is 1.81 bits per heavy atom. The van der Waals surface area contributed by atoms with E-state index in [1.165, 1.54) is 5.56 Å². The fourth-order valence-corrected chi connectivity index (χ4v) is 4.62. The zero-order valence-corrected chi connectivity index (χ0v) is 18.7. The summed E-state index contributed by atoms with van der Waals surface area (Å²) >= 11 is 1.67. The first-order chi connectivity index (χ1) is 14.9. The predicted molar refractivity (Wildman–Crippen MR) is 129 cm³/mol. The lowest BCUT2D eigenvalue weighted by molar-refractivity contribution is 0.233. The van der Waals surface area contributed by atoms with Crippen molar-refractivity contribution in [3.8, 4) is 10.4 Å². The van der Waals surface area contributed by atoms with Gasteiger partial charge in [-0.2, -0.15) is 0 Å². The van der Waals surface area contributed by atoms with Crippen molar-refractivity contribution in [3.63, 3.8) is 0 Å². The molecule has 2 unspecified atom stereocenters. The molecule has 2 heterocycles. The summed E-state index contributed by atoms with van der Waals surface area (Å²) in [5, 5.41) is 17.6. The third kappa shape index (κ3) is 4.95. The number of aromatic nitrogens is 1. The summed E-state index contributed by atoms with van der Waals surface area (Å²) < 4.78 is 0. The van der Waals surface area contributed by atoms with Crippen molar-refractivity contribution in [3.05, 3.63) is 76.6 Å². The Kier molecular flexibility index (Phi) is 6.06. The van der Waals surface area contributed by atoms with E-state index in [1.807, 2.05) is 62.5 Å². The van der Waals surface area contributed by atoms with Crippen LogP contribution in [-0.4, -0.2) is 22.3 Å². The van der Waals surface area contributed by atoms with Crippen LogP contribution in [-0.2, 0) is 0 Å². The molecule has 0 spiro atoms. The minimum absolute atomic E-state index is 0.128. The van der Waals surface area contributed by atoms with Gasteiger partial charge in [-0.15, -0.1) is 11.3 Å². The van der Waals surface area contributed by atoms with Gasteiger partial charge in [-0.05, 0) is 56.2 Å². The number of thiazole rings is 1. The number of hydrogen-bond donors (Lipinski definition) is 4. The number of anilines is 2. The first-order valence-electron chi connectivity index (χ1n) is 10.2. The van der Waals surface area contributed by atoms with Crippen molar-refractivity contribution < 1.29 is 5.11 Å². The van der Waals surface area contributed by atoms with Crippen molar-refractivity contribution >= 4 is 28.5 Å². The summed E-state index contributed by atoms with van der Waals surface area (Å²) in [6.45, 7) is 6.13. The minimum atomic E-state index is -0.917. The number of amidine groups is 1. The van der Waals surface area contributed by atoms with E-state index in [0.29, 0.717) is 12.3 Å². The van der Waals surface area contributed by atoms with E-state index >= 15 is 0 Å². The van der Waals surface area contributed by atoms with Crippen LogP contribution in [0.4, 0.5) is 11.4 Å². The van der Waals surface area contributed by atoms with Crippen LogP contribution in [0.25, 0.3) is 10.4 Å². The van der Waals surface area contributed by atoms with Crippen LogP contribution in [0, 0.1) is 13.8 Å². The van der Waals surface area contributed by atoms with Gasteiger partial charge in [0.2, 0.25) is 6.35 Å². The van der Waals surface area contributed by atoms with Gasteiger partial charge in [-0.1, -0.05) is 29.8 Å². The largest absolute Gasteiger partial charge is 0.387 e. The van der Waals surface area contributed by atoms with E-state index in [4.69, 9.17) is 10.7 Å². The van der Waals surface area contributed by atoms with Gasteiger partial charge in [0.05, 0.1) is 21.4 Å². The third-order valence-corrected chi connectivity index (χ3v) is 6.31. The second-order valence-electron chi connectivity index (χ2n) is 7.84. The van der Waals surface area contributed by atoms with Gasteiger partial charge in [0.25, 0.3) is 0 Å². The van der Waals surface area contributed by atoms with Crippen LogP contribution in [0.5, 0.6) is 0 Å². The molecule has 3 aromatic rings. The summed E-state index contributed by atoms with van der Waals surface area (Å²) in [4.78, 5) is 10.2. The Labute approximate surface area is 186 Å². The molecule has 160 valence electrons. The normalized spacial score (nSPS) is 17.0. The molecule has 7 heteroatoms. The maximum absolute atomic E-state index is 10.4. The monoisotopic (exact) mass is 433 g/mol. The van der Waals surface area contributed by atoms with Crippen molar-refractivity contribution in [2.75, 3.05) is 10.6 Å². The summed E-state index contributed by atoms with van der Waals surface area (Å²) in [6.07, 6.45) is 1.60. The van der Waals surface area contributed by atoms with E-state index in [9.17, 15) is 5.11 Å². The molecule has 2 atom stereocenters. The highest BCUT2D eigenvalue weighted by Crippen LogP contribution is 2.40. The van der Waals surface area contributed by atoms with E-state index in [2.05, 4.69) is 28.6 Å². The molecule has 0 fully saturated rings. The van der Waals surface area contributed by atoms with Gasteiger partial charge in [-0.3, -0.25) is 0 Å². The summed E-state index contributed by atoms with van der Waals surface area (Å²) in [6, 6.07) is 15.9. The third-order valence-electron chi connectivity index (χ3n) is 5.27. The average molecular weight is 434 g/mol. The number of rotatable bonds is 6. The van der Waals surface area contributed by atoms with Crippen molar-refractivity contribution in [2.45, 2.75) is 39.5 Å². The fourth-order valence-electron chi connectivity index (χ4n) is 3.65. The highest BCUT2D eigenvalue weighted by molar-refractivity contribution is 7.15. The Balaban J connectivity index is 1.55. The standard InChI is InChI=1S/C24H27N5OS/c1-14-7-9-18(10-8-14)28-24(30)29-19-6-4-5-17(11-19)23-22(27-16(3)31-23)20-12-21(25)26-13-15(20)2/h4-11,13,20,24,28-30H,12H2,1-3H3,(H2,25,26). The maximum Gasteiger partial charge on any atom is 0.202 e. The van der Waals surface area contributed by atoms with Crippen LogP contribution < -0.4 is 16.4 Å². The Hall–Kier alpha value is -3.16. The minimum Gasteiger partial charge on any atom is -0.387 e. The summed E-state index contributed by atoms with van der Waals surface area (Å²) in [5.74, 6) is 0.760. The number of aliphatic hydroxyl groups excluding tert-OH is 1. The van der Waals surface area contributed by atoms with Crippen LogP contribution >= 0.6 is 11.3 Å². The number of nitrogens with two attached hydrogens (primary N) is 1. The number of hydrogen-bond acceptors (Lipinski definition) is 7. The van der Waals surface area contributed by atoms with Crippen molar-refractivity contribution in [2.24, 2.45) is 10.7 Å². The maximum atomic E-state index is 10.4. The molecule has 5 N–H and O–H groups in total. The lowest BCUT2D eigenvalue weighted by atomic mass is 9.90. The van der Waals surface area contributed by atoms with Crippen LogP contribution in [0.15, 0.2) is 65.3 Å². The molecule has 0 bridgehead atoms. The molecular weight excluding hydrogens is 406 g/mol. The van der Waals surface area contributed by atoms with Crippen molar-refractivity contribution in [1.29, 1.82) is 0 Å². The SMILES string of the molecule is CC1=CN=C(N)CC1c1nc(C)sc1-c1cccc(NC(O)Nc2ccc(C)cc2)c1. The smallest absolute Gasteiger partial charge is 0.202 e. The Morgan fingerprint density at radius 3 is 2.58 bits per heavy atom. The summed E-state index contributed by atoms with van der Waals surface area (Å²) in [5.41, 5.74) is 12.1. The molecule has 0 radical (unpaired) electrons. The molecule has 0 aliphatic carbocycles. The molecule has 2 aromatic carbocycles. The molecule has 31 heavy (non-hydrogen) atoms. The number of aryl methyl sites for hydroxylation is 2. The molecule has 1 aliphatic rings. The van der Waals surface area contributed by atoms with Crippen LogP contribution in [0.3, 0.4) is 0 Å². The molecule has 1 aromatic heterocycles. The molecule has 6 nitrogen and oxygen atoms in total. The summed E-state index contributed by atoms with van der Waals surface area (Å²) in [7, 11) is 0. The van der Waals surface area contributed by atoms with E-state index in [0.717, 1.165) is 38.1 Å². The number of aliphatic hydroxyl groups is 1. The van der Waals surface area contributed by atoms with Gasteiger partial charge in [-0.25, -0.2) is 9.98 Å². The molecule has 0 saturated heterocycles. The molecule has 4 rings (SSSR count). The number of allylic oxidation sites excluding steroid dienone is 1. The molecular formula is C24H27N5OS. The number of nitrogens with zero attached hydrogens (tertiary/aromatic N) is 2. The molecule has 0 amide bonds. The number of nitrogens with one attached hydrogen (secondary N) is 2. The highest BCUT2D eigenvalue weighted by Gasteiger charge is 2.25. The van der Waals surface area contributed by atoms with Gasteiger partial charge in [0, 0.05) is 29.9 Å². The zero-order valence-electron chi connectivity index (χ0n) is 17.9. The quantitative estimate of drug-likeness (QED) is 0.412. The lowest BCUT2D eigenvalue weighted by Crippen LogP contribution is -2.27. The first-order valence-corrected chi connectivity index (χ1v) is 11.0. The number of benzene rings is 2. The first kappa shape index (κ1) is 21.1. The van der Waals surface area contributed by atoms with Crippen LogP contribution in [0.2, 0.25) is 0 Å². The predicted octanol–water partition coefficient (Wildman–Crippen LogP) is 4.98. The second kappa shape index (κ2) is 8.91.